The first-order chi connectivity index (χ1) is 14.5. The van der Waals surface area contributed by atoms with Crippen LogP contribution in [0.2, 0.25) is 0 Å². The van der Waals surface area contributed by atoms with E-state index in [9.17, 15) is 13.6 Å². The van der Waals surface area contributed by atoms with Crippen molar-refractivity contribution in [2.75, 3.05) is 6.54 Å². The van der Waals surface area contributed by atoms with Crippen molar-refractivity contribution in [1.82, 2.24) is 14.5 Å². The predicted octanol–water partition coefficient (Wildman–Crippen LogP) is 5.95. The number of unbranched alkanes of at least 4 members (excludes halogenated alkanes) is 3. The maximum Gasteiger partial charge on any atom is 0.257 e. The fourth-order valence-electron chi connectivity index (χ4n) is 3.62. The summed E-state index contributed by atoms with van der Waals surface area (Å²) in [5.74, 6) is -1.17. The van der Waals surface area contributed by atoms with Gasteiger partial charge in [0.1, 0.15) is 17.5 Å². The van der Waals surface area contributed by atoms with E-state index in [4.69, 9.17) is 4.98 Å². The van der Waals surface area contributed by atoms with Crippen LogP contribution < -0.4 is 0 Å². The van der Waals surface area contributed by atoms with Gasteiger partial charge < -0.3 is 9.47 Å². The van der Waals surface area contributed by atoms with Gasteiger partial charge in [0.15, 0.2) is 0 Å². The average Bonchev–Trinajstić information content (AvgIpc) is 3.08. The number of fused-ring (bicyclic) bond motifs is 1. The van der Waals surface area contributed by atoms with Crippen LogP contribution in [0.15, 0.2) is 42.5 Å². The molecule has 0 spiro atoms. The summed E-state index contributed by atoms with van der Waals surface area (Å²) in [6.45, 7) is 5.83. The highest BCUT2D eigenvalue weighted by atomic mass is 19.1. The number of hydrogen-bond donors (Lipinski definition) is 0. The minimum atomic E-state index is -0.833. The van der Waals surface area contributed by atoms with Crippen LogP contribution in [0.4, 0.5) is 8.78 Å². The highest BCUT2D eigenvalue weighted by molar-refractivity contribution is 5.94. The minimum Gasteiger partial charge on any atom is -0.331 e. The van der Waals surface area contributed by atoms with Crippen LogP contribution in [-0.2, 0) is 13.1 Å². The molecule has 6 heteroatoms. The number of rotatable bonds is 10. The monoisotopic (exact) mass is 413 g/mol. The number of hydrogen-bond acceptors (Lipinski definition) is 2. The first-order valence-corrected chi connectivity index (χ1v) is 10.7. The highest BCUT2D eigenvalue weighted by Crippen LogP contribution is 2.20. The molecule has 30 heavy (non-hydrogen) atoms. The molecule has 2 aromatic carbocycles. The molecule has 160 valence electrons. The predicted molar refractivity (Wildman–Crippen MR) is 115 cm³/mol. The summed E-state index contributed by atoms with van der Waals surface area (Å²) in [5.41, 5.74) is 1.82. The number of aryl methyl sites for hydroxylation is 1. The molecule has 0 unspecified atom stereocenters. The largest absolute Gasteiger partial charge is 0.331 e. The Kier molecular flexibility index (Phi) is 7.55. The lowest BCUT2D eigenvalue weighted by atomic mass is 10.1. The lowest BCUT2D eigenvalue weighted by Gasteiger charge is -2.23. The summed E-state index contributed by atoms with van der Waals surface area (Å²) in [4.78, 5) is 19.5. The molecule has 0 aliphatic heterocycles. The maximum absolute atomic E-state index is 14.3. The second-order valence-corrected chi connectivity index (χ2v) is 7.58. The van der Waals surface area contributed by atoms with Gasteiger partial charge in [-0.15, -0.1) is 0 Å². The lowest BCUT2D eigenvalue weighted by Crippen LogP contribution is -2.33. The maximum atomic E-state index is 14.3. The molecule has 4 nitrogen and oxygen atoms in total. The molecule has 0 aliphatic rings. The molecule has 0 bridgehead atoms. The number of halogens is 2. The number of amides is 1. The van der Waals surface area contributed by atoms with Gasteiger partial charge in [0.2, 0.25) is 0 Å². The molecule has 3 rings (SSSR count). The van der Waals surface area contributed by atoms with E-state index in [1.807, 2.05) is 24.3 Å². The summed E-state index contributed by atoms with van der Waals surface area (Å²) in [5, 5.41) is 0. The van der Waals surface area contributed by atoms with Crippen LogP contribution in [0, 0.1) is 11.6 Å². The van der Waals surface area contributed by atoms with Gasteiger partial charge in [-0.25, -0.2) is 13.8 Å². The molecule has 3 aromatic rings. The van der Waals surface area contributed by atoms with Gasteiger partial charge in [0, 0.05) is 19.2 Å². The molecule has 0 aliphatic carbocycles. The number of carbonyl (C=O) groups excluding carboxylic acids is 1. The molecule has 0 atom stereocenters. The number of imidazole rings is 1. The molecule has 0 radical (unpaired) electrons. The summed E-state index contributed by atoms with van der Waals surface area (Å²) in [6, 6.07) is 11.0. The molecular weight excluding hydrogens is 384 g/mol. The Morgan fingerprint density at radius 1 is 1.03 bits per heavy atom. The van der Waals surface area contributed by atoms with Crippen LogP contribution in [0.1, 0.15) is 62.1 Å². The van der Waals surface area contributed by atoms with Gasteiger partial charge in [0.25, 0.3) is 5.91 Å². The Labute approximate surface area is 176 Å². The van der Waals surface area contributed by atoms with Crippen LogP contribution in [0.25, 0.3) is 11.0 Å². The van der Waals surface area contributed by atoms with Crippen molar-refractivity contribution in [3.63, 3.8) is 0 Å². The summed E-state index contributed by atoms with van der Waals surface area (Å²) in [7, 11) is 0. The molecule has 0 fully saturated rings. The Morgan fingerprint density at radius 3 is 2.53 bits per heavy atom. The number of para-hydroxylation sites is 2. The fourth-order valence-corrected chi connectivity index (χ4v) is 3.62. The Hall–Kier alpha value is -2.76. The smallest absolute Gasteiger partial charge is 0.257 e. The molecule has 1 aromatic heterocycles. The number of carbonyl (C=O) groups is 1. The quantitative estimate of drug-likeness (QED) is 0.385. The van der Waals surface area contributed by atoms with Gasteiger partial charge in [-0.3, -0.25) is 4.79 Å². The van der Waals surface area contributed by atoms with Crippen molar-refractivity contribution in [2.45, 2.75) is 59.0 Å². The first-order valence-electron chi connectivity index (χ1n) is 10.7. The lowest BCUT2D eigenvalue weighted by molar-refractivity contribution is 0.0729. The van der Waals surface area contributed by atoms with Gasteiger partial charge in [-0.1, -0.05) is 45.2 Å². The van der Waals surface area contributed by atoms with Gasteiger partial charge >= 0.3 is 0 Å². The zero-order chi connectivity index (χ0) is 21.5. The molecule has 0 N–H and O–H groups in total. The van der Waals surface area contributed by atoms with Gasteiger partial charge in [-0.2, -0.15) is 0 Å². The Balaban J connectivity index is 1.94. The standard InChI is InChI=1S/C24H29F2N3O/c1-3-5-9-14-28(24(30)19-13-12-18(25)16-20(19)26)17-23-27-21-10-7-8-11-22(21)29(23)15-6-4-2/h7-8,10-13,16H,3-6,9,14-15,17H2,1-2H3. The Bertz CT molecular complexity index is 999. The number of nitrogens with zero attached hydrogens (tertiary/aromatic N) is 3. The number of benzene rings is 2. The third-order valence-electron chi connectivity index (χ3n) is 5.28. The molecular formula is C24H29F2N3O. The van der Waals surface area contributed by atoms with Crippen molar-refractivity contribution in [3.05, 3.63) is 65.5 Å². The van der Waals surface area contributed by atoms with Crippen LogP contribution in [-0.4, -0.2) is 26.9 Å². The van der Waals surface area contributed by atoms with Crippen molar-refractivity contribution in [1.29, 1.82) is 0 Å². The normalized spacial score (nSPS) is 11.2. The second-order valence-electron chi connectivity index (χ2n) is 7.58. The first kappa shape index (κ1) is 21.9. The zero-order valence-corrected chi connectivity index (χ0v) is 17.7. The van der Waals surface area contributed by atoms with Crippen molar-refractivity contribution in [2.24, 2.45) is 0 Å². The third-order valence-corrected chi connectivity index (χ3v) is 5.28. The molecule has 0 saturated carbocycles. The van der Waals surface area contributed by atoms with Crippen LogP contribution >= 0.6 is 0 Å². The Morgan fingerprint density at radius 2 is 1.80 bits per heavy atom. The summed E-state index contributed by atoms with van der Waals surface area (Å²) >= 11 is 0. The van der Waals surface area contributed by atoms with Crippen molar-refractivity contribution < 1.29 is 13.6 Å². The van der Waals surface area contributed by atoms with Crippen LogP contribution in [0.5, 0.6) is 0 Å². The number of aromatic nitrogens is 2. The fraction of sp³-hybridized carbons (Fsp3) is 0.417. The highest BCUT2D eigenvalue weighted by Gasteiger charge is 2.22. The van der Waals surface area contributed by atoms with E-state index in [-0.39, 0.29) is 12.1 Å². The van der Waals surface area contributed by atoms with Gasteiger partial charge in [0.05, 0.1) is 23.1 Å². The molecule has 1 heterocycles. The second kappa shape index (κ2) is 10.3. The van der Waals surface area contributed by atoms with E-state index in [0.29, 0.717) is 6.54 Å². The van der Waals surface area contributed by atoms with E-state index in [1.165, 1.54) is 6.07 Å². The molecule has 1 amide bonds. The van der Waals surface area contributed by atoms with E-state index in [0.717, 1.165) is 67.6 Å². The third kappa shape index (κ3) is 5.04. The van der Waals surface area contributed by atoms with E-state index in [2.05, 4.69) is 18.4 Å². The van der Waals surface area contributed by atoms with Crippen molar-refractivity contribution in [3.8, 4) is 0 Å². The SMILES string of the molecule is CCCCCN(Cc1nc2ccccc2n1CCCC)C(=O)c1ccc(F)cc1F. The zero-order valence-electron chi connectivity index (χ0n) is 17.7. The van der Waals surface area contributed by atoms with E-state index < -0.39 is 17.5 Å². The van der Waals surface area contributed by atoms with Crippen molar-refractivity contribution >= 4 is 16.9 Å². The minimum absolute atomic E-state index is 0.107. The van der Waals surface area contributed by atoms with Crippen LogP contribution in [0.3, 0.4) is 0 Å². The molecule has 0 saturated heterocycles. The summed E-state index contributed by atoms with van der Waals surface area (Å²) < 4.78 is 29.8. The van der Waals surface area contributed by atoms with Gasteiger partial charge in [-0.05, 0) is 37.1 Å². The topological polar surface area (TPSA) is 38.1 Å². The van der Waals surface area contributed by atoms with E-state index in [1.54, 1.807) is 4.90 Å². The average molecular weight is 414 g/mol. The van der Waals surface area contributed by atoms with E-state index >= 15 is 0 Å². The summed E-state index contributed by atoms with van der Waals surface area (Å²) in [6.07, 6.45) is 4.86.